The molecule has 0 saturated carbocycles. The number of nitrogens with zero attached hydrogens (tertiary/aromatic N) is 4. The van der Waals surface area contributed by atoms with Crippen molar-refractivity contribution in [3.63, 3.8) is 0 Å². The smallest absolute Gasteiger partial charge is 0.171 e. The molecule has 1 aromatic rings. The van der Waals surface area contributed by atoms with Crippen molar-refractivity contribution in [2.45, 2.75) is 12.5 Å². The molecule has 1 unspecified atom stereocenters. The van der Waals surface area contributed by atoms with Gasteiger partial charge in [0.1, 0.15) is 0 Å². The summed E-state index contributed by atoms with van der Waals surface area (Å²) in [6.07, 6.45) is 2.97. The van der Waals surface area contributed by atoms with Crippen LogP contribution in [0.15, 0.2) is 6.20 Å². The summed E-state index contributed by atoms with van der Waals surface area (Å²) >= 11 is 0. The predicted octanol–water partition coefficient (Wildman–Crippen LogP) is -0.647. The summed E-state index contributed by atoms with van der Waals surface area (Å²) in [6.45, 7) is 1.90. The Morgan fingerprint density at radius 1 is 1.67 bits per heavy atom. The number of nitrogens with two attached hydrogens (primary N) is 1. The predicted molar refractivity (Wildman–Crippen MR) is 45.8 cm³/mol. The minimum Gasteiger partial charge on any atom is -0.352 e. The highest BCUT2D eigenvalue weighted by molar-refractivity contribution is 5.36. The van der Waals surface area contributed by atoms with Gasteiger partial charge in [0.2, 0.25) is 0 Å². The standard InChI is InChI=1S/C7H13N5/c1-11-5-7(9-10-11)12-3-2-6(8)4-12/h5-6H,2-4,8H2,1H3. The van der Waals surface area contributed by atoms with Crippen molar-refractivity contribution in [3.8, 4) is 0 Å². The summed E-state index contributed by atoms with van der Waals surface area (Å²) in [7, 11) is 1.87. The Hall–Kier alpha value is -1.10. The summed E-state index contributed by atoms with van der Waals surface area (Å²) < 4.78 is 1.71. The Bertz CT molecular complexity index is 269. The van der Waals surface area contributed by atoms with Crippen LogP contribution in [0.5, 0.6) is 0 Å². The van der Waals surface area contributed by atoms with Gasteiger partial charge in [-0.25, -0.2) is 0 Å². The average Bonchev–Trinajstić information content (AvgIpc) is 2.58. The maximum absolute atomic E-state index is 5.77. The lowest BCUT2D eigenvalue weighted by molar-refractivity contribution is 0.714. The van der Waals surface area contributed by atoms with Gasteiger partial charge in [-0.2, -0.15) is 0 Å². The Labute approximate surface area is 71.1 Å². The van der Waals surface area contributed by atoms with Gasteiger partial charge >= 0.3 is 0 Å². The van der Waals surface area contributed by atoms with E-state index in [1.165, 1.54) is 0 Å². The van der Waals surface area contributed by atoms with Crippen LogP contribution in [0.3, 0.4) is 0 Å². The van der Waals surface area contributed by atoms with Crippen LogP contribution < -0.4 is 10.6 Å². The Balaban J connectivity index is 2.11. The zero-order chi connectivity index (χ0) is 8.55. The third kappa shape index (κ3) is 1.27. The largest absolute Gasteiger partial charge is 0.352 e. The first-order valence-electron chi connectivity index (χ1n) is 4.12. The molecule has 1 aliphatic rings. The van der Waals surface area contributed by atoms with Crippen LogP contribution in [0.1, 0.15) is 6.42 Å². The van der Waals surface area contributed by atoms with Crippen LogP contribution in [-0.2, 0) is 7.05 Å². The van der Waals surface area contributed by atoms with Crippen LogP contribution in [-0.4, -0.2) is 34.1 Å². The second-order valence-electron chi connectivity index (χ2n) is 3.25. The molecule has 1 aromatic heterocycles. The summed E-state index contributed by atoms with van der Waals surface area (Å²) in [4.78, 5) is 2.16. The second-order valence-corrected chi connectivity index (χ2v) is 3.25. The van der Waals surface area contributed by atoms with Gasteiger partial charge in [0.05, 0.1) is 6.20 Å². The lowest BCUT2D eigenvalue weighted by Crippen LogP contribution is -2.26. The van der Waals surface area contributed by atoms with E-state index in [9.17, 15) is 0 Å². The lowest BCUT2D eigenvalue weighted by Gasteiger charge is -2.12. The van der Waals surface area contributed by atoms with E-state index in [0.29, 0.717) is 6.04 Å². The first-order valence-corrected chi connectivity index (χ1v) is 4.12. The fourth-order valence-electron chi connectivity index (χ4n) is 1.48. The van der Waals surface area contributed by atoms with Crippen molar-refractivity contribution in [1.82, 2.24) is 15.0 Å². The fraction of sp³-hybridized carbons (Fsp3) is 0.714. The maximum atomic E-state index is 5.77. The molecule has 0 spiro atoms. The van der Waals surface area contributed by atoms with E-state index in [4.69, 9.17) is 5.73 Å². The van der Waals surface area contributed by atoms with Crippen LogP contribution in [0.2, 0.25) is 0 Å². The van der Waals surface area contributed by atoms with Gasteiger partial charge in [0.25, 0.3) is 0 Å². The maximum Gasteiger partial charge on any atom is 0.171 e. The van der Waals surface area contributed by atoms with Crippen LogP contribution >= 0.6 is 0 Å². The molecule has 1 atom stereocenters. The van der Waals surface area contributed by atoms with Gasteiger partial charge in [0, 0.05) is 26.2 Å². The van der Waals surface area contributed by atoms with Crippen molar-refractivity contribution < 1.29 is 0 Å². The third-order valence-electron chi connectivity index (χ3n) is 2.14. The van der Waals surface area contributed by atoms with Crippen LogP contribution in [0, 0.1) is 0 Å². The molecule has 0 bridgehead atoms. The minimum atomic E-state index is 0.298. The van der Waals surface area contributed by atoms with E-state index in [1.54, 1.807) is 4.68 Å². The topological polar surface area (TPSA) is 60.0 Å². The molecule has 0 aromatic carbocycles. The molecule has 1 fully saturated rings. The first-order chi connectivity index (χ1) is 5.75. The van der Waals surface area contributed by atoms with E-state index in [1.807, 2.05) is 13.2 Å². The minimum absolute atomic E-state index is 0.298. The highest BCUT2D eigenvalue weighted by Gasteiger charge is 2.20. The zero-order valence-corrected chi connectivity index (χ0v) is 7.14. The van der Waals surface area contributed by atoms with E-state index >= 15 is 0 Å². The van der Waals surface area contributed by atoms with Gasteiger partial charge in [-0.1, -0.05) is 5.21 Å². The van der Waals surface area contributed by atoms with Crippen molar-refractivity contribution in [2.75, 3.05) is 18.0 Å². The molecule has 0 amide bonds. The molecular formula is C7H13N5. The lowest BCUT2D eigenvalue weighted by atomic mass is 10.3. The number of anilines is 1. The van der Waals surface area contributed by atoms with Crippen molar-refractivity contribution in [2.24, 2.45) is 12.8 Å². The molecule has 2 heterocycles. The van der Waals surface area contributed by atoms with Gasteiger partial charge < -0.3 is 10.6 Å². The summed E-state index contributed by atoms with van der Waals surface area (Å²) in [5, 5.41) is 7.89. The molecule has 2 rings (SSSR count). The number of hydrogen-bond donors (Lipinski definition) is 1. The quantitative estimate of drug-likeness (QED) is 0.604. The summed E-state index contributed by atoms with van der Waals surface area (Å²) in [5.41, 5.74) is 5.77. The molecule has 2 N–H and O–H groups in total. The molecule has 0 aliphatic carbocycles. The van der Waals surface area contributed by atoms with Gasteiger partial charge in [-0.3, -0.25) is 4.68 Å². The van der Waals surface area contributed by atoms with Crippen molar-refractivity contribution >= 4 is 5.82 Å². The van der Waals surface area contributed by atoms with Crippen molar-refractivity contribution in [1.29, 1.82) is 0 Å². The molecule has 0 radical (unpaired) electrons. The number of aromatic nitrogens is 3. The molecule has 5 nitrogen and oxygen atoms in total. The molecule has 66 valence electrons. The number of hydrogen-bond acceptors (Lipinski definition) is 4. The Morgan fingerprint density at radius 3 is 3.00 bits per heavy atom. The molecular weight excluding hydrogens is 154 g/mol. The summed E-state index contributed by atoms with van der Waals surface area (Å²) in [6, 6.07) is 0.298. The molecule has 12 heavy (non-hydrogen) atoms. The number of aryl methyl sites for hydroxylation is 1. The van der Waals surface area contributed by atoms with E-state index in [0.717, 1.165) is 25.3 Å². The molecule has 5 heteroatoms. The molecule has 1 saturated heterocycles. The Morgan fingerprint density at radius 2 is 2.50 bits per heavy atom. The van der Waals surface area contributed by atoms with Crippen LogP contribution in [0.25, 0.3) is 0 Å². The SMILES string of the molecule is Cn1cc(N2CCC(N)C2)nn1. The second kappa shape index (κ2) is 2.75. The zero-order valence-electron chi connectivity index (χ0n) is 7.14. The van der Waals surface area contributed by atoms with Gasteiger partial charge in [-0.15, -0.1) is 5.10 Å². The van der Waals surface area contributed by atoms with Gasteiger partial charge in [0.15, 0.2) is 5.82 Å². The third-order valence-corrected chi connectivity index (χ3v) is 2.14. The molecule has 1 aliphatic heterocycles. The summed E-state index contributed by atoms with van der Waals surface area (Å²) in [5.74, 6) is 0.936. The highest BCUT2D eigenvalue weighted by Crippen LogP contribution is 2.15. The first kappa shape index (κ1) is 7.54. The van der Waals surface area contributed by atoms with E-state index in [-0.39, 0.29) is 0 Å². The van der Waals surface area contributed by atoms with Crippen LogP contribution in [0.4, 0.5) is 5.82 Å². The number of rotatable bonds is 1. The van der Waals surface area contributed by atoms with Gasteiger partial charge in [-0.05, 0) is 6.42 Å². The highest BCUT2D eigenvalue weighted by atomic mass is 15.5. The van der Waals surface area contributed by atoms with E-state index in [2.05, 4.69) is 15.2 Å². The van der Waals surface area contributed by atoms with E-state index < -0.39 is 0 Å². The average molecular weight is 167 g/mol. The monoisotopic (exact) mass is 167 g/mol. The fourth-order valence-corrected chi connectivity index (χ4v) is 1.48. The normalized spacial score (nSPS) is 23.5. The Kier molecular flexibility index (Phi) is 1.73. The van der Waals surface area contributed by atoms with Crippen molar-refractivity contribution in [3.05, 3.63) is 6.20 Å².